The Labute approximate surface area is 329 Å². The number of aliphatic hydroxyl groups is 3. The Hall–Kier alpha value is -5.04. The Kier molecular flexibility index (Phi) is 10.2. The van der Waals surface area contributed by atoms with Gasteiger partial charge in [0.2, 0.25) is 17.3 Å². The Balaban J connectivity index is 1.32. The monoisotopic (exact) mass is 806 g/mol. The number of phenolic OH excluding ortho intramolecular Hbond substituents is 2. The van der Waals surface area contributed by atoms with Crippen molar-refractivity contribution in [1.29, 1.82) is 0 Å². The van der Waals surface area contributed by atoms with Crippen LogP contribution in [-0.4, -0.2) is 118 Å². The number of methoxy groups -OCH3 is 3. The molecule has 0 aromatic heterocycles. The molecule has 8 atom stereocenters. The summed E-state index contributed by atoms with van der Waals surface area (Å²) in [5.41, 5.74) is -9.40. The molecule has 7 rings (SSSR count). The molecule has 300 valence electrons. The molecule has 57 heavy (non-hydrogen) atoms. The molecule has 3 aliphatic carbocycles. The van der Waals surface area contributed by atoms with Gasteiger partial charge in [0, 0.05) is 62.1 Å². The average molecular weight is 807 g/mol. The summed E-state index contributed by atoms with van der Waals surface area (Å²) in [5, 5.41) is 64.5. The molecule has 4 aliphatic rings. The number of rotatable bonds is 8. The highest BCUT2D eigenvalue weighted by atomic mass is 35.5. The van der Waals surface area contributed by atoms with Gasteiger partial charge in [-0.05, 0) is 48.7 Å². The van der Waals surface area contributed by atoms with Gasteiger partial charge in [0.05, 0.1) is 34.6 Å². The molecule has 7 N–H and O–H groups in total. The third kappa shape index (κ3) is 5.73. The van der Waals surface area contributed by atoms with Gasteiger partial charge in [0.1, 0.15) is 29.8 Å². The minimum atomic E-state index is -3.26. The smallest absolute Gasteiger partial charge is 0.255 e. The molecule has 4 unspecified atom stereocenters. The highest BCUT2D eigenvalue weighted by molar-refractivity contribution is 6.31. The lowest BCUT2D eigenvalue weighted by Gasteiger charge is -2.53. The highest BCUT2D eigenvalue weighted by Crippen LogP contribution is 2.56. The number of benzene rings is 3. The maximum Gasteiger partial charge on any atom is 0.255 e. The Morgan fingerprint density at radius 1 is 0.947 bits per heavy atom. The molecule has 0 spiro atoms. The van der Waals surface area contributed by atoms with E-state index in [1.807, 2.05) is 0 Å². The molecule has 1 amide bonds. The first-order valence-corrected chi connectivity index (χ1v) is 18.2. The summed E-state index contributed by atoms with van der Waals surface area (Å²) in [6, 6.07) is 8.82. The predicted molar refractivity (Wildman–Crippen MR) is 197 cm³/mol. The van der Waals surface area contributed by atoms with Gasteiger partial charge in [-0.3, -0.25) is 24.0 Å². The number of fused-ring (bicyclic) bond motifs is 5. The molecular weight excluding hydrogens is 768 g/mol. The van der Waals surface area contributed by atoms with E-state index in [1.165, 1.54) is 27.2 Å². The average Bonchev–Trinajstić information content (AvgIpc) is 3.15. The van der Waals surface area contributed by atoms with Crippen LogP contribution in [0, 0.1) is 6.92 Å². The van der Waals surface area contributed by atoms with Crippen molar-refractivity contribution in [2.24, 2.45) is 0 Å². The van der Waals surface area contributed by atoms with E-state index in [0.29, 0.717) is 10.6 Å². The van der Waals surface area contributed by atoms with Gasteiger partial charge >= 0.3 is 0 Å². The lowest BCUT2D eigenvalue weighted by molar-refractivity contribution is -0.236. The molecule has 1 fully saturated rings. The number of aryl methyl sites for hydroxylation is 1. The second-order valence-corrected chi connectivity index (χ2v) is 14.8. The van der Waals surface area contributed by atoms with E-state index in [2.05, 4.69) is 10.6 Å². The summed E-state index contributed by atoms with van der Waals surface area (Å²) in [7, 11) is 3.59. The van der Waals surface area contributed by atoms with E-state index in [1.54, 1.807) is 31.2 Å². The zero-order chi connectivity index (χ0) is 41.5. The normalized spacial score (nSPS) is 29.2. The summed E-state index contributed by atoms with van der Waals surface area (Å²) in [6.07, 6.45) is -6.62. The topological polar surface area (TPSA) is 247 Å². The maximum atomic E-state index is 14.9. The molecule has 0 saturated carbocycles. The number of allylic oxidation sites excluding steroid dienone is 2. The Morgan fingerprint density at radius 3 is 2.25 bits per heavy atom. The number of Topliss-reactive ketones (excluding diaryl/α,β-unsaturated/α-hetero) is 3. The van der Waals surface area contributed by atoms with Gasteiger partial charge in [0.25, 0.3) is 5.91 Å². The highest BCUT2D eigenvalue weighted by Gasteiger charge is 2.72. The van der Waals surface area contributed by atoms with Crippen LogP contribution in [0.15, 0.2) is 48.2 Å². The quantitative estimate of drug-likeness (QED) is 0.171. The molecule has 1 heterocycles. The molecule has 3 aromatic carbocycles. The minimum Gasteiger partial charge on any atom is -0.507 e. The number of halogens is 1. The van der Waals surface area contributed by atoms with E-state index in [4.69, 9.17) is 30.5 Å². The van der Waals surface area contributed by atoms with E-state index < -0.39 is 123 Å². The second-order valence-electron chi connectivity index (χ2n) is 14.4. The Bertz CT molecular complexity index is 2290. The number of ketones is 4. The number of ether oxygens (including phenoxy) is 4. The van der Waals surface area contributed by atoms with Crippen LogP contribution in [0.2, 0.25) is 5.02 Å². The lowest BCUT2D eigenvalue weighted by atomic mass is 9.56. The summed E-state index contributed by atoms with van der Waals surface area (Å²) in [5.74, 6) is -7.43. The van der Waals surface area contributed by atoms with E-state index in [-0.39, 0.29) is 28.9 Å². The number of aliphatic hydroxyl groups excluding tert-OH is 2. The number of nitrogens with one attached hydrogen (secondary N) is 2. The van der Waals surface area contributed by atoms with Crippen LogP contribution in [0.4, 0.5) is 0 Å². The van der Waals surface area contributed by atoms with Gasteiger partial charge in [-0.15, -0.1) is 0 Å². The number of hydrogen-bond acceptors (Lipinski definition) is 15. The number of aromatic hydroxyl groups is 2. The van der Waals surface area contributed by atoms with Crippen molar-refractivity contribution >= 4 is 40.6 Å². The van der Waals surface area contributed by atoms with Crippen molar-refractivity contribution in [1.82, 2.24) is 10.6 Å². The third-order valence-electron chi connectivity index (χ3n) is 11.4. The SMILES string of the molecule is CO[C@@H]1[C@@H](O)[C@@H](OC)C(NC2=CC(=O)c3c(cc4c(c3O)C(=O)C3(OC)C(O)Cc5cc(C)c(C(=O)NCc6ccc(Cl)cc6)c(O)c5C3(O)C4=O)C2=O)O[C@H]1C. The second kappa shape index (κ2) is 14.4. The number of carbonyl (C=O) groups excluding carboxylic acids is 5. The fourth-order valence-electron chi connectivity index (χ4n) is 8.65. The van der Waals surface area contributed by atoms with E-state index >= 15 is 0 Å². The predicted octanol–water partition coefficient (Wildman–Crippen LogP) is 1.55. The maximum absolute atomic E-state index is 14.9. The molecule has 17 heteroatoms. The van der Waals surface area contributed by atoms with Crippen molar-refractivity contribution in [3.05, 3.63) is 103 Å². The molecule has 1 aliphatic heterocycles. The first-order valence-electron chi connectivity index (χ1n) is 17.8. The zero-order valence-corrected chi connectivity index (χ0v) is 32.0. The standard InChI is InChI=1S/C40H39ClN2O14/c1-15-10-18-11-24(45)40(56-5)36(51)27-21(35(50)39(40,53)28(18)31(48)25(15)37(52)42-14-17-6-8-19(41)9-7-17)12-20-26(30(27)47)23(44)13-22(29(20)46)43-38-34(55-4)32(49)33(54-3)16(2)57-38/h6-10,12-13,16,24,32-34,38,43,45,47-49,53H,11,14H2,1-5H3,(H,42,52)/t16-,24?,32+,33-,34+,38?,39?,40?/m0/s1. The number of carbonyl (C=O) groups is 5. The van der Waals surface area contributed by atoms with Crippen LogP contribution in [0.25, 0.3) is 0 Å². The van der Waals surface area contributed by atoms with Gasteiger partial charge < -0.3 is 55.1 Å². The summed E-state index contributed by atoms with van der Waals surface area (Å²) in [6.45, 7) is 3.10. The van der Waals surface area contributed by atoms with Gasteiger partial charge in [-0.1, -0.05) is 29.8 Å². The van der Waals surface area contributed by atoms with Crippen molar-refractivity contribution < 1.29 is 68.5 Å². The van der Waals surface area contributed by atoms with Crippen LogP contribution in [0.1, 0.15) is 81.0 Å². The van der Waals surface area contributed by atoms with Crippen LogP contribution in [0.3, 0.4) is 0 Å². The number of hydrogen-bond donors (Lipinski definition) is 7. The van der Waals surface area contributed by atoms with Gasteiger partial charge in [-0.2, -0.15) is 0 Å². The Morgan fingerprint density at radius 2 is 1.61 bits per heavy atom. The van der Waals surface area contributed by atoms with E-state index in [0.717, 1.165) is 19.3 Å². The molecule has 3 aromatic rings. The van der Waals surface area contributed by atoms with Crippen LogP contribution in [-0.2, 0) is 37.5 Å². The van der Waals surface area contributed by atoms with Crippen molar-refractivity contribution in [3.8, 4) is 11.5 Å². The van der Waals surface area contributed by atoms with Crippen molar-refractivity contribution in [2.45, 2.75) is 74.8 Å². The summed E-state index contributed by atoms with van der Waals surface area (Å²) in [4.78, 5) is 70.8. The van der Waals surface area contributed by atoms with Crippen LogP contribution in [0.5, 0.6) is 11.5 Å². The molecule has 0 radical (unpaired) electrons. The fraction of sp³-hybridized carbons (Fsp3) is 0.375. The molecule has 16 nitrogen and oxygen atoms in total. The molecular formula is C40H39ClN2O14. The molecule has 1 saturated heterocycles. The summed E-state index contributed by atoms with van der Waals surface area (Å²) >= 11 is 5.97. The molecule has 0 bridgehead atoms. The van der Waals surface area contributed by atoms with Gasteiger partial charge in [-0.25, -0.2) is 0 Å². The first kappa shape index (κ1) is 40.2. The zero-order valence-electron chi connectivity index (χ0n) is 31.2. The minimum absolute atomic E-state index is 0.00156. The fourth-order valence-corrected chi connectivity index (χ4v) is 8.77. The first-order chi connectivity index (χ1) is 27.0. The third-order valence-corrected chi connectivity index (χ3v) is 11.6. The number of amides is 1. The van der Waals surface area contributed by atoms with E-state index in [9.17, 15) is 49.5 Å². The lowest BCUT2D eigenvalue weighted by Crippen LogP contribution is -2.73. The van der Waals surface area contributed by atoms with Gasteiger partial charge in [0.15, 0.2) is 23.2 Å². The van der Waals surface area contributed by atoms with Crippen molar-refractivity contribution in [3.63, 3.8) is 0 Å². The largest absolute Gasteiger partial charge is 0.507 e. The van der Waals surface area contributed by atoms with Crippen molar-refractivity contribution in [2.75, 3.05) is 21.3 Å². The van der Waals surface area contributed by atoms with Crippen LogP contribution < -0.4 is 10.6 Å². The number of phenols is 2. The summed E-state index contributed by atoms with van der Waals surface area (Å²) < 4.78 is 22.2. The van der Waals surface area contributed by atoms with Crippen LogP contribution >= 0.6 is 11.6 Å².